The molecule has 2 aromatic rings. The van der Waals surface area contributed by atoms with Gasteiger partial charge in [0.2, 0.25) is 0 Å². The van der Waals surface area contributed by atoms with E-state index in [9.17, 15) is 8.78 Å². The number of benzene rings is 2. The van der Waals surface area contributed by atoms with Crippen LogP contribution in [0, 0.1) is 30.4 Å². The van der Waals surface area contributed by atoms with Gasteiger partial charge in [0, 0.05) is 5.56 Å². The van der Waals surface area contributed by atoms with Gasteiger partial charge in [0.25, 0.3) is 0 Å². The lowest BCUT2D eigenvalue weighted by atomic mass is 9.80. The Balaban J connectivity index is 1.67. The summed E-state index contributed by atoms with van der Waals surface area (Å²) in [6.45, 7) is 4.04. The third-order valence-corrected chi connectivity index (χ3v) is 5.49. The second-order valence-corrected chi connectivity index (χ2v) is 7.44. The SMILES string of the molecule is Cc1ccc(-c2ccc(CCC3CCC(C)CC3)cc2F)cc1F. The molecule has 0 heterocycles. The fourth-order valence-electron chi connectivity index (χ4n) is 3.70. The van der Waals surface area contributed by atoms with E-state index in [0.29, 0.717) is 16.7 Å². The van der Waals surface area contributed by atoms with Crippen molar-refractivity contribution in [1.29, 1.82) is 0 Å². The van der Waals surface area contributed by atoms with Crippen molar-refractivity contribution in [3.63, 3.8) is 0 Å². The third kappa shape index (κ3) is 4.03. The van der Waals surface area contributed by atoms with Crippen molar-refractivity contribution >= 4 is 0 Å². The van der Waals surface area contributed by atoms with Crippen molar-refractivity contribution in [2.45, 2.75) is 52.4 Å². The van der Waals surface area contributed by atoms with Gasteiger partial charge in [0.05, 0.1) is 0 Å². The van der Waals surface area contributed by atoms with Crippen LogP contribution >= 0.6 is 0 Å². The number of hydrogen-bond acceptors (Lipinski definition) is 0. The zero-order chi connectivity index (χ0) is 17.1. The van der Waals surface area contributed by atoms with Gasteiger partial charge in [-0.15, -0.1) is 0 Å². The zero-order valence-corrected chi connectivity index (χ0v) is 14.6. The molecule has 0 amide bonds. The Kier molecular flexibility index (Phi) is 5.33. The van der Waals surface area contributed by atoms with Crippen LogP contribution in [0.2, 0.25) is 0 Å². The second kappa shape index (κ2) is 7.46. The smallest absolute Gasteiger partial charge is 0.131 e. The third-order valence-electron chi connectivity index (χ3n) is 5.49. The Bertz CT molecular complexity index is 697. The molecule has 1 saturated carbocycles. The summed E-state index contributed by atoms with van der Waals surface area (Å²) < 4.78 is 28.2. The van der Waals surface area contributed by atoms with Gasteiger partial charge in [0.1, 0.15) is 11.6 Å². The quantitative estimate of drug-likeness (QED) is 0.586. The molecule has 0 spiro atoms. The van der Waals surface area contributed by atoms with Gasteiger partial charge in [-0.05, 0) is 60.4 Å². The maximum Gasteiger partial charge on any atom is 0.131 e. The monoisotopic (exact) mass is 328 g/mol. The van der Waals surface area contributed by atoms with Gasteiger partial charge >= 0.3 is 0 Å². The molecule has 0 aliphatic heterocycles. The highest BCUT2D eigenvalue weighted by molar-refractivity contribution is 5.65. The van der Waals surface area contributed by atoms with Gasteiger partial charge < -0.3 is 0 Å². The Morgan fingerprint density at radius 3 is 2.33 bits per heavy atom. The minimum Gasteiger partial charge on any atom is -0.207 e. The molecular formula is C22H26F2. The molecule has 0 unspecified atom stereocenters. The summed E-state index contributed by atoms with van der Waals surface area (Å²) in [7, 11) is 0. The summed E-state index contributed by atoms with van der Waals surface area (Å²) in [4.78, 5) is 0. The van der Waals surface area contributed by atoms with E-state index >= 15 is 0 Å². The van der Waals surface area contributed by atoms with Gasteiger partial charge in [-0.2, -0.15) is 0 Å². The van der Waals surface area contributed by atoms with E-state index in [0.717, 1.165) is 30.2 Å². The first-order valence-corrected chi connectivity index (χ1v) is 9.08. The topological polar surface area (TPSA) is 0 Å². The number of hydrogen-bond donors (Lipinski definition) is 0. The first-order chi connectivity index (χ1) is 11.5. The van der Waals surface area contributed by atoms with Crippen LogP contribution in [0.5, 0.6) is 0 Å². The molecule has 0 aromatic heterocycles. The molecule has 0 nitrogen and oxygen atoms in total. The summed E-state index contributed by atoms with van der Waals surface area (Å²) in [5.74, 6) is 1.11. The summed E-state index contributed by atoms with van der Waals surface area (Å²) in [6, 6.07) is 10.3. The Morgan fingerprint density at radius 2 is 1.67 bits per heavy atom. The summed E-state index contributed by atoms with van der Waals surface area (Å²) >= 11 is 0. The molecule has 0 N–H and O–H groups in total. The predicted molar refractivity (Wildman–Crippen MR) is 96.0 cm³/mol. The van der Waals surface area contributed by atoms with Crippen LogP contribution < -0.4 is 0 Å². The summed E-state index contributed by atoms with van der Waals surface area (Å²) in [5.41, 5.74) is 2.70. The van der Waals surface area contributed by atoms with Crippen molar-refractivity contribution in [2.24, 2.45) is 11.8 Å². The van der Waals surface area contributed by atoms with Crippen molar-refractivity contribution in [1.82, 2.24) is 0 Å². The Labute approximate surface area is 143 Å². The Hall–Kier alpha value is -1.70. The van der Waals surface area contributed by atoms with Crippen molar-refractivity contribution in [3.8, 4) is 11.1 Å². The van der Waals surface area contributed by atoms with Crippen LogP contribution in [0.15, 0.2) is 36.4 Å². The molecule has 1 aliphatic carbocycles. The van der Waals surface area contributed by atoms with Crippen LogP contribution in [0.1, 0.15) is 50.2 Å². The molecule has 1 aliphatic rings. The first kappa shape index (κ1) is 17.1. The average Bonchev–Trinajstić information content (AvgIpc) is 2.57. The molecule has 24 heavy (non-hydrogen) atoms. The number of aryl methyl sites for hydroxylation is 2. The highest BCUT2D eigenvalue weighted by Crippen LogP contribution is 2.32. The van der Waals surface area contributed by atoms with Gasteiger partial charge in [0.15, 0.2) is 0 Å². The molecule has 0 saturated heterocycles. The van der Waals surface area contributed by atoms with Crippen molar-refractivity contribution in [2.75, 3.05) is 0 Å². The van der Waals surface area contributed by atoms with E-state index in [1.54, 1.807) is 31.2 Å². The Morgan fingerprint density at radius 1 is 0.917 bits per heavy atom. The van der Waals surface area contributed by atoms with E-state index in [1.165, 1.54) is 31.7 Å². The molecule has 1 fully saturated rings. The largest absolute Gasteiger partial charge is 0.207 e. The minimum atomic E-state index is -0.289. The first-order valence-electron chi connectivity index (χ1n) is 9.08. The van der Waals surface area contributed by atoms with Gasteiger partial charge in [-0.25, -0.2) is 8.78 Å². The molecule has 2 heteroatoms. The van der Waals surface area contributed by atoms with Crippen molar-refractivity contribution in [3.05, 3.63) is 59.2 Å². The number of halogens is 2. The maximum absolute atomic E-state index is 14.5. The zero-order valence-electron chi connectivity index (χ0n) is 14.6. The van der Waals surface area contributed by atoms with Crippen LogP contribution in [-0.2, 0) is 6.42 Å². The van der Waals surface area contributed by atoms with E-state index < -0.39 is 0 Å². The highest BCUT2D eigenvalue weighted by Gasteiger charge is 2.18. The lowest BCUT2D eigenvalue weighted by Gasteiger charge is -2.26. The van der Waals surface area contributed by atoms with E-state index in [2.05, 4.69) is 6.92 Å². The predicted octanol–water partition coefficient (Wildman–Crippen LogP) is 6.70. The summed E-state index contributed by atoms with van der Waals surface area (Å²) in [5, 5.41) is 0. The van der Waals surface area contributed by atoms with E-state index in [1.807, 2.05) is 6.07 Å². The standard InChI is InChI=1S/C22H26F2/c1-15-3-6-17(7-4-15)8-9-18-10-12-20(22(24)13-18)19-11-5-16(2)21(23)14-19/h5,10-15,17H,3-4,6-9H2,1-2H3. The van der Waals surface area contributed by atoms with Crippen LogP contribution in [0.4, 0.5) is 8.78 Å². The molecule has 0 bridgehead atoms. The number of rotatable bonds is 4. The molecule has 3 rings (SSSR count). The second-order valence-electron chi connectivity index (χ2n) is 7.44. The fourth-order valence-corrected chi connectivity index (χ4v) is 3.70. The fraction of sp³-hybridized carbons (Fsp3) is 0.455. The summed E-state index contributed by atoms with van der Waals surface area (Å²) in [6.07, 6.45) is 7.35. The van der Waals surface area contributed by atoms with Crippen LogP contribution in [0.3, 0.4) is 0 Å². The van der Waals surface area contributed by atoms with Crippen LogP contribution in [0.25, 0.3) is 11.1 Å². The molecule has 128 valence electrons. The minimum absolute atomic E-state index is 0.256. The van der Waals surface area contributed by atoms with Crippen LogP contribution in [-0.4, -0.2) is 0 Å². The average molecular weight is 328 g/mol. The lowest BCUT2D eigenvalue weighted by Crippen LogP contribution is -2.12. The normalized spacial score (nSPS) is 21.0. The molecular weight excluding hydrogens is 302 g/mol. The van der Waals surface area contributed by atoms with E-state index in [-0.39, 0.29) is 11.6 Å². The highest BCUT2D eigenvalue weighted by atomic mass is 19.1. The molecule has 2 aromatic carbocycles. The molecule has 0 radical (unpaired) electrons. The lowest BCUT2D eigenvalue weighted by molar-refractivity contribution is 0.277. The van der Waals surface area contributed by atoms with Crippen molar-refractivity contribution < 1.29 is 8.78 Å². The van der Waals surface area contributed by atoms with Gasteiger partial charge in [-0.1, -0.05) is 56.9 Å². The van der Waals surface area contributed by atoms with E-state index in [4.69, 9.17) is 0 Å². The molecule has 0 atom stereocenters. The van der Waals surface area contributed by atoms with Gasteiger partial charge in [-0.3, -0.25) is 0 Å². The maximum atomic E-state index is 14.5.